The summed E-state index contributed by atoms with van der Waals surface area (Å²) in [5, 5.41) is 4.10. The highest BCUT2D eigenvalue weighted by atomic mass is 35.5. The molecule has 5 heteroatoms. The van der Waals surface area contributed by atoms with E-state index in [4.69, 9.17) is 11.6 Å². The minimum Gasteiger partial charge on any atom is -0.464 e. The van der Waals surface area contributed by atoms with E-state index in [-0.39, 0.29) is 5.69 Å². The summed E-state index contributed by atoms with van der Waals surface area (Å²) in [4.78, 5) is 10.9. The molecule has 1 heterocycles. The predicted molar refractivity (Wildman–Crippen MR) is 39.6 cm³/mol. The maximum absolute atomic E-state index is 10.9. The van der Waals surface area contributed by atoms with Gasteiger partial charge < -0.3 is 4.74 Å². The van der Waals surface area contributed by atoms with Crippen molar-refractivity contribution < 1.29 is 9.53 Å². The molecule has 4 nitrogen and oxygen atoms in total. The molecule has 0 unspecified atom stereocenters. The molecule has 0 bridgehead atoms. The average Bonchev–Trinajstić information content (AvgIpc) is 2.28. The molecule has 1 aromatic rings. The minimum absolute atomic E-state index is 0.150. The van der Waals surface area contributed by atoms with E-state index in [9.17, 15) is 4.79 Å². The van der Waals surface area contributed by atoms with Crippen molar-refractivity contribution in [3.8, 4) is 0 Å². The number of carbonyl (C=O) groups excluding carboxylic acids is 1. The summed E-state index contributed by atoms with van der Waals surface area (Å²) >= 11 is 5.63. The summed E-state index contributed by atoms with van der Waals surface area (Å²) in [7, 11) is 2.96. The molecule has 0 aliphatic heterocycles. The third-order valence-corrected chi connectivity index (χ3v) is 1.44. The summed E-state index contributed by atoms with van der Waals surface area (Å²) in [6.45, 7) is 0. The van der Waals surface area contributed by atoms with Crippen molar-refractivity contribution in [2.24, 2.45) is 7.05 Å². The lowest BCUT2D eigenvalue weighted by Crippen LogP contribution is -2.03. The summed E-state index contributed by atoms with van der Waals surface area (Å²) in [6.07, 6.45) is 1.54. The lowest BCUT2D eigenvalue weighted by molar-refractivity contribution is 0.0593. The number of esters is 1. The number of rotatable bonds is 1. The Hall–Kier alpha value is -1.03. The van der Waals surface area contributed by atoms with Gasteiger partial charge in [0.25, 0.3) is 0 Å². The van der Waals surface area contributed by atoms with E-state index in [1.54, 1.807) is 7.05 Å². The van der Waals surface area contributed by atoms with Crippen molar-refractivity contribution in [2.75, 3.05) is 7.11 Å². The molecule has 0 saturated heterocycles. The first-order valence-electron chi connectivity index (χ1n) is 2.92. The molecule has 11 heavy (non-hydrogen) atoms. The highest BCUT2D eigenvalue weighted by molar-refractivity contribution is 6.33. The molecule has 0 amide bonds. The lowest BCUT2D eigenvalue weighted by Gasteiger charge is -1.92. The van der Waals surface area contributed by atoms with Gasteiger partial charge >= 0.3 is 5.97 Å². The first kappa shape index (κ1) is 8.07. The Morgan fingerprint density at radius 3 is 2.82 bits per heavy atom. The van der Waals surface area contributed by atoms with Crippen molar-refractivity contribution in [3.05, 3.63) is 16.9 Å². The number of aryl methyl sites for hydroxylation is 1. The Kier molecular flexibility index (Phi) is 2.14. The van der Waals surface area contributed by atoms with Gasteiger partial charge in [-0.2, -0.15) is 5.10 Å². The number of hydrogen-bond donors (Lipinski definition) is 0. The molecular formula is C6H7ClN2O2. The molecule has 0 spiro atoms. The molecule has 0 aliphatic carbocycles. The van der Waals surface area contributed by atoms with E-state index in [1.165, 1.54) is 18.0 Å². The maximum Gasteiger partial charge on any atom is 0.360 e. The van der Waals surface area contributed by atoms with Crippen molar-refractivity contribution in [2.45, 2.75) is 0 Å². The van der Waals surface area contributed by atoms with Crippen LogP contribution in [0, 0.1) is 0 Å². The molecular weight excluding hydrogens is 168 g/mol. The summed E-state index contributed by atoms with van der Waals surface area (Å²) < 4.78 is 5.88. The van der Waals surface area contributed by atoms with Gasteiger partial charge in [0.15, 0.2) is 5.69 Å². The minimum atomic E-state index is -0.518. The molecule has 1 rings (SSSR count). The number of hydrogen-bond acceptors (Lipinski definition) is 3. The Bertz CT molecular complexity index is 282. The third-order valence-electron chi connectivity index (χ3n) is 1.16. The van der Waals surface area contributed by atoms with Gasteiger partial charge in [-0.05, 0) is 0 Å². The van der Waals surface area contributed by atoms with Crippen LogP contribution in [0.1, 0.15) is 10.5 Å². The highest BCUT2D eigenvalue weighted by Gasteiger charge is 2.13. The monoisotopic (exact) mass is 174 g/mol. The van der Waals surface area contributed by atoms with Gasteiger partial charge in [-0.15, -0.1) is 0 Å². The van der Waals surface area contributed by atoms with Crippen LogP contribution >= 0.6 is 11.6 Å². The van der Waals surface area contributed by atoms with Gasteiger partial charge in [0.2, 0.25) is 0 Å². The van der Waals surface area contributed by atoms with Crippen molar-refractivity contribution >= 4 is 17.6 Å². The number of ether oxygens (including phenoxy) is 1. The van der Waals surface area contributed by atoms with Crippen LogP contribution in [0.5, 0.6) is 0 Å². The van der Waals surface area contributed by atoms with Gasteiger partial charge in [0.05, 0.1) is 12.1 Å². The van der Waals surface area contributed by atoms with Gasteiger partial charge in [-0.1, -0.05) is 11.6 Å². The number of carbonyl (C=O) groups is 1. The van der Waals surface area contributed by atoms with E-state index in [2.05, 4.69) is 9.84 Å². The van der Waals surface area contributed by atoms with Crippen LogP contribution < -0.4 is 0 Å². The lowest BCUT2D eigenvalue weighted by atomic mass is 10.4. The zero-order valence-corrected chi connectivity index (χ0v) is 6.92. The van der Waals surface area contributed by atoms with E-state index >= 15 is 0 Å². The quantitative estimate of drug-likeness (QED) is 0.594. The summed E-state index contributed by atoms with van der Waals surface area (Å²) in [6, 6.07) is 0. The van der Waals surface area contributed by atoms with Crippen molar-refractivity contribution in [1.82, 2.24) is 9.78 Å². The second kappa shape index (κ2) is 2.92. The zero-order chi connectivity index (χ0) is 8.43. The Morgan fingerprint density at radius 1 is 1.82 bits per heavy atom. The maximum atomic E-state index is 10.9. The van der Waals surface area contributed by atoms with Gasteiger partial charge in [0.1, 0.15) is 0 Å². The average molecular weight is 175 g/mol. The van der Waals surface area contributed by atoms with Crippen LogP contribution in [0.3, 0.4) is 0 Å². The normalized spacial score (nSPS) is 9.73. The van der Waals surface area contributed by atoms with Crippen LogP contribution in [0.15, 0.2) is 6.20 Å². The van der Waals surface area contributed by atoms with Gasteiger partial charge in [-0.25, -0.2) is 4.79 Å². The topological polar surface area (TPSA) is 44.1 Å². The summed E-state index contributed by atoms with van der Waals surface area (Å²) in [5.74, 6) is -0.518. The largest absolute Gasteiger partial charge is 0.464 e. The van der Waals surface area contributed by atoms with Gasteiger partial charge in [-0.3, -0.25) is 4.68 Å². The van der Waals surface area contributed by atoms with E-state index < -0.39 is 5.97 Å². The molecule has 0 N–H and O–H groups in total. The fraction of sp³-hybridized carbons (Fsp3) is 0.333. The standard InChI is InChI=1S/C6H7ClN2O2/c1-9-3-4(7)5(8-9)6(10)11-2/h3H,1-2H3. The predicted octanol–water partition coefficient (Wildman–Crippen LogP) is 0.860. The Balaban J connectivity index is 3.03. The molecule has 0 fully saturated rings. The van der Waals surface area contributed by atoms with Gasteiger partial charge in [0, 0.05) is 13.2 Å². The van der Waals surface area contributed by atoms with Crippen LogP contribution in [0.25, 0.3) is 0 Å². The van der Waals surface area contributed by atoms with Crippen LogP contribution in [-0.2, 0) is 11.8 Å². The number of halogens is 1. The van der Waals surface area contributed by atoms with Crippen LogP contribution in [0.2, 0.25) is 5.02 Å². The number of nitrogens with zero attached hydrogens (tertiary/aromatic N) is 2. The SMILES string of the molecule is COC(=O)c1nn(C)cc1Cl. The first-order chi connectivity index (χ1) is 5.15. The number of aromatic nitrogens is 2. The van der Waals surface area contributed by atoms with E-state index in [1.807, 2.05) is 0 Å². The molecule has 0 aliphatic rings. The number of methoxy groups -OCH3 is 1. The van der Waals surface area contributed by atoms with Crippen LogP contribution in [-0.4, -0.2) is 22.9 Å². The van der Waals surface area contributed by atoms with Crippen molar-refractivity contribution in [3.63, 3.8) is 0 Å². The van der Waals surface area contributed by atoms with E-state index in [0.29, 0.717) is 5.02 Å². The molecule has 0 aromatic carbocycles. The second-order valence-electron chi connectivity index (χ2n) is 1.99. The summed E-state index contributed by atoms with van der Waals surface area (Å²) in [5.41, 5.74) is 0.150. The fourth-order valence-corrected chi connectivity index (χ4v) is 0.951. The molecule has 60 valence electrons. The highest BCUT2D eigenvalue weighted by Crippen LogP contribution is 2.13. The third kappa shape index (κ3) is 1.51. The Morgan fingerprint density at radius 2 is 2.45 bits per heavy atom. The van der Waals surface area contributed by atoms with E-state index in [0.717, 1.165) is 0 Å². The zero-order valence-electron chi connectivity index (χ0n) is 6.17. The second-order valence-corrected chi connectivity index (χ2v) is 2.40. The van der Waals surface area contributed by atoms with Crippen molar-refractivity contribution in [1.29, 1.82) is 0 Å². The fourth-order valence-electron chi connectivity index (χ4n) is 0.695. The molecule has 0 saturated carbocycles. The molecule has 0 radical (unpaired) electrons. The smallest absolute Gasteiger partial charge is 0.360 e. The van der Waals surface area contributed by atoms with Crippen LogP contribution in [0.4, 0.5) is 0 Å². The molecule has 0 atom stereocenters. The Labute approximate surface area is 68.7 Å². The first-order valence-corrected chi connectivity index (χ1v) is 3.30. The molecule has 1 aromatic heterocycles.